The Morgan fingerprint density at radius 2 is 1.91 bits per heavy atom. The number of rotatable bonds is 1. The molecule has 0 atom stereocenters. The number of imide groups is 1. The molecule has 1 aromatic carbocycles. The Morgan fingerprint density at radius 1 is 1.23 bits per heavy atom. The molecule has 1 aliphatic rings. The number of anilines is 1. The largest absolute Gasteiger partial charge is 0.505 e. The fraction of sp³-hybridized carbons (Fsp3) is 0.0714. The van der Waals surface area contributed by atoms with Gasteiger partial charge in [-0.1, -0.05) is 0 Å². The second-order valence-electron chi connectivity index (χ2n) is 4.82. The van der Waals surface area contributed by atoms with E-state index in [0.717, 1.165) is 22.8 Å². The fourth-order valence-electron chi connectivity index (χ4n) is 2.37. The molecule has 0 spiro atoms. The van der Waals surface area contributed by atoms with Gasteiger partial charge < -0.3 is 10.8 Å². The molecule has 22 heavy (non-hydrogen) atoms. The topological polar surface area (TPSA) is 114 Å². The van der Waals surface area contributed by atoms with Gasteiger partial charge in [0.25, 0.3) is 17.4 Å². The molecule has 2 heterocycles. The number of phenolic OH excluding ortho intramolecular Hbond substituents is 1. The standard InChI is InChI=1S/C14H10FN3O4/c1-5-7(15)2-3-8(11(5)20)18-9(19)4-6-10(12(18)16)14(22)17-13(6)21/h2-4,20H,16H2,1H3,(H,17,21,22). The van der Waals surface area contributed by atoms with Crippen LogP contribution < -0.4 is 16.6 Å². The number of nitrogens with zero attached hydrogens (tertiary/aromatic N) is 1. The molecular formula is C14H10FN3O4. The lowest BCUT2D eigenvalue weighted by Gasteiger charge is -2.14. The summed E-state index contributed by atoms with van der Waals surface area (Å²) in [6, 6.07) is 3.18. The van der Waals surface area contributed by atoms with Crippen molar-refractivity contribution >= 4 is 17.6 Å². The number of halogens is 1. The van der Waals surface area contributed by atoms with Crippen molar-refractivity contribution in [2.75, 3.05) is 5.73 Å². The van der Waals surface area contributed by atoms with Crippen molar-refractivity contribution in [1.82, 2.24) is 9.88 Å². The van der Waals surface area contributed by atoms with Crippen molar-refractivity contribution in [3.8, 4) is 11.4 Å². The third-order valence-corrected chi connectivity index (χ3v) is 3.54. The predicted molar refractivity (Wildman–Crippen MR) is 74.6 cm³/mol. The third kappa shape index (κ3) is 1.70. The molecule has 2 aromatic rings. The van der Waals surface area contributed by atoms with Crippen molar-refractivity contribution in [3.63, 3.8) is 0 Å². The number of amides is 2. The number of phenols is 1. The molecule has 0 unspecified atom stereocenters. The van der Waals surface area contributed by atoms with Crippen LogP contribution >= 0.6 is 0 Å². The first-order valence-corrected chi connectivity index (χ1v) is 6.22. The van der Waals surface area contributed by atoms with Crippen LogP contribution in [0.5, 0.6) is 5.75 Å². The van der Waals surface area contributed by atoms with E-state index >= 15 is 0 Å². The molecule has 0 aliphatic carbocycles. The summed E-state index contributed by atoms with van der Waals surface area (Å²) >= 11 is 0. The zero-order chi connectivity index (χ0) is 16.2. The summed E-state index contributed by atoms with van der Waals surface area (Å²) < 4.78 is 14.3. The highest BCUT2D eigenvalue weighted by molar-refractivity contribution is 6.23. The summed E-state index contributed by atoms with van der Waals surface area (Å²) in [6.45, 7) is 1.33. The lowest BCUT2D eigenvalue weighted by molar-refractivity contribution is 0.0880. The van der Waals surface area contributed by atoms with Crippen LogP contribution in [0, 0.1) is 12.7 Å². The molecule has 1 aliphatic heterocycles. The highest BCUT2D eigenvalue weighted by atomic mass is 19.1. The van der Waals surface area contributed by atoms with Gasteiger partial charge in [-0.25, -0.2) is 4.39 Å². The second-order valence-corrected chi connectivity index (χ2v) is 4.82. The lowest BCUT2D eigenvalue weighted by Crippen LogP contribution is -2.24. The van der Waals surface area contributed by atoms with Gasteiger partial charge in [0.15, 0.2) is 0 Å². The number of pyridine rings is 1. The summed E-state index contributed by atoms with van der Waals surface area (Å²) in [4.78, 5) is 35.5. The van der Waals surface area contributed by atoms with E-state index in [9.17, 15) is 23.9 Å². The van der Waals surface area contributed by atoms with Gasteiger partial charge in [0.05, 0.1) is 16.8 Å². The van der Waals surface area contributed by atoms with Gasteiger partial charge in [-0.05, 0) is 19.1 Å². The van der Waals surface area contributed by atoms with Gasteiger partial charge in [0, 0.05) is 11.6 Å². The van der Waals surface area contributed by atoms with Crippen molar-refractivity contribution in [2.24, 2.45) is 0 Å². The Hall–Kier alpha value is -3.16. The summed E-state index contributed by atoms with van der Waals surface area (Å²) in [7, 11) is 0. The number of nitrogens with one attached hydrogen (secondary N) is 1. The number of carbonyl (C=O) groups excluding carboxylic acids is 2. The zero-order valence-electron chi connectivity index (χ0n) is 11.3. The van der Waals surface area contributed by atoms with Crippen LogP contribution in [0.4, 0.5) is 10.2 Å². The average molecular weight is 303 g/mol. The van der Waals surface area contributed by atoms with Crippen molar-refractivity contribution in [1.29, 1.82) is 0 Å². The quantitative estimate of drug-likeness (QED) is 0.662. The second kappa shape index (κ2) is 4.42. The minimum absolute atomic E-state index is 0.0650. The van der Waals surface area contributed by atoms with Gasteiger partial charge in [-0.3, -0.25) is 24.3 Å². The maximum Gasteiger partial charge on any atom is 0.262 e. The Bertz CT molecular complexity index is 917. The molecule has 112 valence electrons. The lowest BCUT2D eigenvalue weighted by atomic mass is 10.1. The molecule has 1 aromatic heterocycles. The Labute approximate surface area is 122 Å². The van der Waals surface area contributed by atoms with Crippen molar-refractivity contribution < 1.29 is 19.1 Å². The number of benzene rings is 1. The number of hydrogen-bond acceptors (Lipinski definition) is 5. The number of hydrogen-bond donors (Lipinski definition) is 3. The third-order valence-electron chi connectivity index (χ3n) is 3.54. The molecule has 0 fully saturated rings. The minimum atomic E-state index is -0.732. The van der Waals surface area contributed by atoms with E-state index in [1.54, 1.807) is 0 Å². The molecule has 0 saturated heterocycles. The zero-order valence-corrected chi connectivity index (χ0v) is 11.3. The highest BCUT2D eigenvalue weighted by Gasteiger charge is 2.32. The molecule has 7 nitrogen and oxygen atoms in total. The maximum atomic E-state index is 13.4. The van der Waals surface area contributed by atoms with E-state index in [2.05, 4.69) is 0 Å². The molecule has 0 saturated carbocycles. The first-order chi connectivity index (χ1) is 10.3. The van der Waals surface area contributed by atoms with Crippen LogP contribution in [0.1, 0.15) is 26.3 Å². The average Bonchev–Trinajstić information content (AvgIpc) is 2.73. The number of nitrogen functional groups attached to an aromatic ring is 1. The van der Waals surface area contributed by atoms with E-state index in [1.165, 1.54) is 6.92 Å². The van der Waals surface area contributed by atoms with E-state index in [0.29, 0.717) is 0 Å². The molecule has 4 N–H and O–H groups in total. The number of aromatic nitrogens is 1. The number of aromatic hydroxyl groups is 1. The van der Waals surface area contributed by atoms with Crippen LogP contribution in [-0.2, 0) is 0 Å². The van der Waals surface area contributed by atoms with Gasteiger partial charge >= 0.3 is 0 Å². The van der Waals surface area contributed by atoms with E-state index in [-0.39, 0.29) is 28.2 Å². The normalized spacial score (nSPS) is 13.2. The van der Waals surface area contributed by atoms with Crippen LogP contribution in [0.25, 0.3) is 5.69 Å². The molecule has 3 rings (SSSR count). The van der Waals surface area contributed by atoms with Crippen molar-refractivity contribution in [2.45, 2.75) is 6.92 Å². The SMILES string of the molecule is Cc1c(F)ccc(-n2c(N)c3c(cc2=O)C(=O)NC3=O)c1O. The van der Waals surface area contributed by atoms with Crippen LogP contribution in [0.2, 0.25) is 0 Å². The van der Waals surface area contributed by atoms with Gasteiger partial charge in [0.1, 0.15) is 17.4 Å². The maximum absolute atomic E-state index is 13.4. The number of nitrogens with two attached hydrogens (primary N) is 1. The van der Waals surface area contributed by atoms with Gasteiger partial charge in [-0.15, -0.1) is 0 Å². The fourth-order valence-corrected chi connectivity index (χ4v) is 2.37. The molecule has 0 bridgehead atoms. The molecule has 2 amide bonds. The van der Waals surface area contributed by atoms with Crippen LogP contribution in [-0.4, -0.2) is 21.5 Å². The van der Waals surface area contributed by atoms with E-state index in [4.69, 9.17) is 5.73 Å². The molecular weight excluding hydrogens is 293 g/mol. The Kier molecular flexibility index (Phi) is 2.77. The summed E-state index contributed by atoms with van der Waals surface area (Å²) in [5.74, 6) is -2.87. The first-order valence-electron chi connectivity index (χ1n) is 6.22. The Morgan fingerprint density at radius 3 is 2.59 bits per heavy atom. The summed E-state index contributed by atoms with van der Waals surface area (Å²) in [5.41, 5.74) is 4.69. The van der Waals surface area contributed by atoms with Gasteiger partial charge in [0.2, 0.25) is 0 Å². The highest BCUT2D eigenvalue weighted by Crippen LogP contribution is 2.30. The molecule has 8 heteroatoms. The smallest absolute Gasteiger partial charge is 0.262 e. The minimum Gasteiger partial charge on any atom is -0.505 e. The van der Waals surface area contributed by atoms with E-state index < -0.39 is 28.9 Å². The molecule has 0 radical (unpaired) electrons. The summed E-state index contributed by atoms with van der Waals surface area (Å²) in [6.07, 6.45) is 0. The number of fused-ring (bicyclic) bond motifs is 1. The van der Waals surface area contributed by atoms with Crippen LogP contribution in [0.15, 0.2) is 23.0 Å². The van der Waals surface area contributed by atoms with Crippen molar-refractivity contribution in [3.05, 3.63) is 51.1 Å². The van der Waals surface area contributed by atoms with Crippen LogP contribution in [0.3, 0.4) is 0 Å². The first kappa shape index (κ1) is 13.8. The van der Waals surface area contributed by atoms with Gasteiger partial charge in [-0.2, -0.15) is 0 Å². The number of carbonyl (C=O) groups is 2. The monoisotopic (exact) mass is 303 g/mol. The Balaban J connectivity index is 2.38. The van der Waals surface area contributed by atoms with E-state index in [1.807, 2.05) is 5.32 Å². The predicted octanol–water partition coefficient (Wildman–Crippen LogP) is 0.456. The summed E-state index contributed by atoms with van der Waals surface area (Å²) in [5, 5.41) is 12.1.